The Kier molecular flexibility index (Phi) is 2.98. The lowest BCUT2D eigenvalue weighted by molar-refractivity contribution is -0.134. The van der Waals surface area contributed by atoms with Crippen molar-refractivity contribution in [3.8, 4) is 0 Å². The smallest absolute Gasteiger partial charge is 0.300 e. The van der Waals surface area contributed by atoms with Crippen molar-refractivity contribution in [2.45, 2.75) is 50.3 Å². The van der Waals surface area contributed by atoms with Crippen molar-refractivity contribution in [1.82, 2.24) is 0 Å². The summed E-state index contributed by atoms with van der Waals surface area (Å²) < 4.78 is 0. The summed E-state index contributed by atoms with van der Waals surface area (Å²) in [6.45, 7) is 1.08. The van der Waals surface area contributed by atoms with Crippen LogP contribution < -0.4 is 0 Å². The van der Waals surface area contributed by atoms with Gasteiger partial charge >= 0.3 is 0 Å². The van der Waals surface area contributed by atoms with Crippen LogP contribution in [0.2, 0.25) is 0 Å². The summed E-state index contributed by atoms with van der Waals surface area (Å²) in [7, 11) is 0. The van der Waals surface area contributed by atoms with Gasteiger partial charge in [0.15, 0.2) is 0 Å². The van der Waals surface area contributed by atoms with E-state index >= 15 is 0 Å². The van der Waals surface area contributed by atoms with Crippen LogP contribution in [0.4, 0.5) is 0 Å². The van der Waals surface area contributed by atoms with Gasteiger partial charge in [-0.15, -0.1) is 11.6 Å². The van der Waals surface area contributed by atoms with Crippen molar-refractivity contribution in [3.63, 3.8) is 0 Å². The van der Waals surface area contributed by atoms with E-state index in [0.29, 0.717) is 0 Å². The van der Waals surface area contributed by atoms with E-state index < -0.39 is 5.97 Å². The molecule has 4 bridgehead atoms. The van der Waals surface area contributed by atoms with Crippen LogP contribution in [0.25, 0.3) is 0 Å². The predicted molar refractivity (Wildman–Crippen MR) is 60.1 cm³/mol. The molecule has 0 saturated heterocycles. The number of alkyl halides is 1. The lowest BCUT2D eigenvalue weighted by atomic mass is 9.56. The van der Waals surface area contributed by atoms with Crippen LogP contribution in [-0.2, 0) is 4.79 Å². The van der Waals surface area contributed by atoms with Crippen LogP contribution in [0.5, 0.6) is 0 Å². The van der Waals surface area contributed by atoms with E-state index in [4.69, 9.17) is 21.5 Å². The van der Waals surface area contributed by atoms with E-state index in [2.05, 4.69) is 0 Å². The number of carboxylic acid groups (broad SMARTS) is 1. The minimum atomic E-state index is -0.833. The molecule has 2 nitrogen and oxygen atoms in total. The van der Waals surface area contributed by atoms with Crippen molar-refractivity contribution in [3.05, 3.63) is 0 Å². The second kappa shape index (κ2) is 3.97. The summed E-state index contributed by atoms with van der Waals surface area (Å²) in [6, 6.07) is 0. The number of aliphatic carboxylic acids is 1. The Morgan fingerprint density at radius 2 is 1.40 bits per heavy atom. The molecule has 4 saturated carbocycles. The zero-order chi connectivity index (χ0) is 11.1. The monoisotopic (exact) mass is 230 g/mol. The summed E-state index contributed by atoms with van der Waals surface area (Å²) in [5.41, 5.74) is 0. The SMILES string of the molecule is CC(=O)O.ClC12CC3CC(CC(C3)C1)C2. The number of halogens is 1. The van der Waals surface area contributed by atoms with Gasteiger partial charge in [0.05, 0.1) is 0 Å². The van der Waals surface area contributed by atoms with Crippen LogP contribution in [0.15, 0.2) is 0 Å². The average Bonchev–Trinajstić information content (AvgIpc) is 1.96. The van der Waals surface area contributed by atoms with E-state index in [0.717, 1.165) is 24.7 Å². The molecule has 0 aromatic rings. The molecule has 4 fully saturated rings. The van der Waals surface area contributed by atoms with Gasteiger partial charge in [0, 0.05) is 11.8 Å². The van der Waals surface area contributed by atoms with Crippen LogP contribution in [0, 0.1) is 17.8 Å². The fourth-order valence-electron chi connectivity index (χ4n) is 4.00. The first-order valence-corrected chi connectivity index (χ1v) is 6.23. The maximum Gasteiger partial charge on any atom is 0.300 e. The highest BCUT2D eigenvalue weighted by Gasteiger charge is 2.49. The molecule has 1 N–H and O–H groups in total. The number of carboxylic acids is 1. The molecule has 0 unspecified atom stereocenters. The molecule has 0 aromatic carbocycles. The van der Waals surface area contributed by atoms with Gasteiger partial charge in [-0.05, 0) is 56.3 Å². The first-order chi connectivity index (χ1) is 6.97. The standard InChI is InChI=1S/C10H15Cl.C2H4O2/c11-10-4-7-1-8(5-10)3-9(2-7)6-10;1-2(3)4/h7-9H,1-6H2;1H3,(H,3,4). The summed E-state index contributed by atoms with van der Waals surface area (Å²) in [5, 5.41) is 7.42. The third kappa shape index (κ3) is 2.66. The molecule has 0 atom stereocenters. The Balaban J connectivity index is 0.000000188. The number of hydrogen-bond acceptors (Lipinski definition) is 1. The Bertz CT molecular complexity index is 223. The van der Waals surface area contributed by atoms with Gasteiger partial charge in [0.2, 0.25) is 0 Å². The lowest BCUT2D eigenvalue weighted by Crippen LogP contribution is -2.47. The van der Waals surface area contributed by atoms with Crippen LogP contribution in [0.1, 0.15) is 45.4 Å². The maximum atomic E-state index is 9.00. The fourth-order valence-corrected chi connectivity index (χ4v) is 4.66. The highest BCUT2D eigenvalue weighted by atomic mass is 35.5. The lowest BCUT2D eigenvalue weighted by Gasteiger charge is -2.54. The predicted octanol–water partition coefficient (Wildman–Crippen LogP) is 3.28. The first kappa shape index (κ1) is 11.3. The minimum absolute atomic E-state index is 0.273. The molecule has 0 heterocycles. The molecular formula is C12H19ClO2. The first-order valence-electron chi connectivity index (χ1n) is 5.85. The van der Waals surface area contributed by atoms with E-state index in [1.807, 2.05) is 0 Å². The molecule has 0 amide bonds. The number of rotatable bonds is 0. The van der Waals surface area contributed by atoms with Crippen molar-refractivity contribution in [1.29, 1.82) is 0 Å². The zero-order valence-corrected chi connectivity index (χ0v) is 9.96. The fraction of sp³-hybridized carbons (Fsp3) is 0.917. The second-order valence-electron chi connectivity index (χ2n) is 5.59. The summed E-state index contributed by atoms with van der Waals surface area (Å²) in [6.07, 6.45) is 8.52. The van der Waals surface area contributed by atoms with Crippen molar-refractivity contribution < 1.29 is 9.90 Å². The van der Waals surface area contributed by atoms with Gasteiger partial charge < -0.3 is 5.11 Å². The molecule has 4 aliphatic carbocycles. The normalized spacial score (nSPS) is 45.9. The molecular weight excluding hydrogens is 212 g/mol. The van der Waals surface area contributed by atoms with Gasteiger partial charge in [-0.25, -0.2) is 0 Å². The van der Waals surface area contributed by atoms with Crippen LogP contribution in [-0.4, -0.2) is 16.0 Å². The molecule has 0 aliphatic heterocycles. The molecule has 15 heavy (non-hydrogen) atoms. The third-order valence-corrected chi connectivity index (χ3v) is 4.43. The second-order valence-corrected chi connectivity index (χ2v) is 6.39. The average molecular weight is 231 g/mol. The van der Waals surface area contributed by atoms with Crippen LogP contribution >= 0.6 is 11.6 Å². The van der Waals surface area contributed by atoms with Gasteiger partial charge in [0.1, 0.15) is 0 Å². The number of carbonyl (C=O) groups is 1. The molecule has 3 heteroatoms. The molecule has 0 radical (unpaired) electrons. The van der Waals surface area contributed by atoms with Gasteiger partial charge in [-0.3, -0.25) is 4.79 Å². The Morgan fingerprint density at radius 1 is 1.13 bits per heavy atom. The van der Waals surface area contributed by atoms with Gasteiger partial charge in [-0.1, -0.05) is 0 Å². The molecule has 86 valence electrons. The summed E-state index contributed by atoms with van der Waals surface area (Å²) in [5.74, 6) is 2.20. The quantitative estimate of drug-likeness (QED) is 0.649. The molecule has 0 spiro atoms. The van der Waals surface area contributed by atoms with E-state index in [1.165, 1.54) is 38.5 Å². The van der Waals surface area contributed by atoms with E-state index in [9.17, 15) is 0 Å². The summed E-state index contributed by atoms with van der Waals surface area (Å²) in [4.78, 5) is 9.27. The zero-order valence-electron chi connectivity index (χ0n) is 9.21. The Morgan fingerprint density at radius 3 is 1.60 bits per heavy atom. The number of hydrogen-bond donors (Lipinski definition) is 1. The van der Waals surface area contributed by atoms with Gasteiger partial charge in [-0.2, -0.15) is 0 Å². The van der Waals surface area contributed by atoms with Gasteiger partial charge in [0.25, 0.3) is 5.97 Å². The minimum Gasteiger partial charge on any atom is -0.481 e. The Hall–Kier alpha value is -0.240. The van der Waals surface area contributed by atoms with Crippen molar-refractivity contribution in [2.24, 2.45) is 17.8 Å². The molecule has 4 rings (SSSR count). The highest BCUT2D eigenvalue weighted by Crippen LogP contribution is 2.58. The largest absolute Gasteiger partial charge is 0.481 e. The topological polar surface area (TPSA) is 37.3 Å². The third-order valence-electron chi connectivity index (χ3n) is 3.96. The molecule has 0 aromatic heterocycles. The van der Waals surface area contributed by atoms with Crippen LogP contribution in [0.3, 0.4) is 0 Å². The summed E-state index contributed by atoms with van der Waals surface area (Å²) >= 11 is 6.53. The van der Waals surface area contributed by atoms with Crippen molar-refractivity contribution >= 4 is 17.6 Å². The maximum absolute atomic E-state index is 9.00. The Labute approximate surface area is 96.0 Å². The van der Waals surface area contributed by atoms with Crippen molar-refractivity contribution in [2.75, 3.05) is 0 Å². The molecule has 4 aliphatic rings. The van der Waals surface area contributed by atoms with E-state index in [1.54, 1.807) is 0 Å². The highest BCUT2D eigenvalue weighted by molar-refractivity contribution is 6.24. The van der Waals surface area contributed by atoms with E-state index in [-0.39, 0.29) is 4.87 Å².